The van der Waals surface area contributed by atoms with Crippen LogP contribution in [0, 0.1) is 5.92 Å². The molecule has 16 heavy (non-hydrogen) atoms. The van der Waals surface area contributed by atoms with E-state index in [2.05, 4.69) is 18.7 Å². The minimum Gasteiger partial charge on any atom is -0.328 e. The van der Waals surface area contributed by atoms with Crippen LogP contribution in [0.2, 0.25) is 0 Å². The first-order chi connectivity index (χ1) is 7.66. The predicted octanol–water partition coefficient (Wildman–Crippen LogP) is 2.77. The van der Waals surface area contributed by atoms with Gasteiger partial charge in [-0.2, -0.15) is 0 Å². The highest BCUT2D eigenvalue weighted by Gasteiger charge is 2.35. The van der Waals surface area contributed by atoms with Crippen LogP contribution in [0.1, 0.15) is 58.8 Å². The van der Waals surface area contributed by atoms with Crippen molar-refractivity contribution in [2.75, 3.05) is 6.54 Å². The van der Waals surface area contributed by atoms with Crippen LogP contribution in [0.15, 0.2) is 0 Å². The molecule has 2 nitrogen and oxygen atoms in total. The van der Waals surface area contributed by atoms with E-state index in [0.29, 0.717) is 6.04 Å². The molecule has 0 unspecified atom stereocenters. The molecule has 2 N–H and O–H groups in total. The third-order valence-electron chi connectivity index (χ3n) is 4.38. The Bertz CT molecular complexity index is 203. The summed E-state index contributed by atoms with van der Waals surface area (Å²) in [4.78, 5) is 2.80. The first-order valence-corrected chi connectivity index (χ1v) is 7.18. The molecule has 94 valence electrons. The summed E-state index contributed by atoms with van der Waals surface area (Å²) in [5.74, 6) is 0.831. The van der Waals surface area contributed by atoms with Crippen LogP contribution in [0.5, 0.6) is 0 Å². The van der Waals surface area contributed by atoms with Crippen molar-refractivity contribution in [3.8, 4) is 0 Å². The number of hydrogen-bond acceptors (Lipinski definition) is 2. The highest BCUT2D eigenvalue weighted by Crippen LogP contribution is 2.32. The lowest BCUT2D eigenvalue weighted by Crippen LogP contribution is -2.54. The molecule has 0 aromatic rings. The number of nitrogens with zero attached hydrogens (tertiary/aromatic N) is 1. The maximum atomic E-state index is 5.93. The van der Waals surface area contributed by atoms with Crippen molar-refractivity contribution in [1.29, 1.82) is 0 Å². The van der Waals surface area contributed by atoms with E-state index >= 15 is 0 Å². The van der Waals surface area contributed by atoms with Crippen molar-refractivity contribution in [3.63, 3.8) is 0 Å². The number of hydrogen-bond donors (Lipinski definition) is 1. The van der Waals surface area contributed by atoms with E-state index in [1.54, 1.807) is 0 Å². The summed E-state index contributed by atoms with van der Waals surface area (Å²) in [5, 5.41) is 0. The van der Waals surface area contributed by atoms with Gasteiger partial charge in [-0.05, 0) is 44.6 Å². The summed E-state index contributed by atoms with van der Waals surface area (Å²) < 4.78 is 0. The Morgan fingerprint density at radius 3 is 2.25 bits per heavy atom. The highest BCUT2D eigenvalue weighted by atomic mass is 15.2. The zero-order valence-electron chi connectivity index (χ0n) is 11.0. The summed E-state index contributed by atoms with van der Waals surface area (Å²) >= 11 is 0. The molecular formula is C14H28N2. The van der Waals surface area contributed by atoms with Crippen molar-refractivity contribution in [2.24, 2.45) is 11.7 Å². The highest BCUT2D eigenvalue weighted by molar-refractivity contribution is 4.93. The Morgan fingerprint density at radius 1 is 1.12 bits per heavy atom. The van der Waals surface area contributed by atoms with Gasteiger partial charge in [0.15, 0.2) is 0 Å². The quantitative estimate of drug-likeness (QED) is 0.778. The molecule has 0 bridgehead atoms. The van der Waals surface area contributed by atoms with E-state index in [9.17, 15) is 0 Å². The van der Waals surface area contributed by atoms with Crippen molar-refractivity contribution < 1.29 is 0 Å². The van der Waals surface area contributed by atoms with Crippen LogP contribution in [0.25, 0.3) is 0 Å². The zero-order valence-corrected chi connectivity index (χ0v) is 11.0. The second-order valence-corrected chi connectivity index (χ2v) is 6.24. The molecule has 0 aromatic carbocycles. The maximum Gasteiger partial charge on any atom is 0.0128 e. The van der Waals surface area contributed by atoms with Crippen LogP contribution in [-0.4, -0.2) is 29.6 Å². The fraction of sp³-hybridized carbons (Fsp3) is 1.00. The van der Waals surface area contributed by atoms with Crippen LogP contribution in [-0.2, 0) is 0 Å². The minimum atomic E-state index is 0.493. The van der Waals surface area contributed by atoms with Crippen LogP contribution in [0.3, 0.4) is 0 Å². The van der Waals surface area contributed by atoms with Gasteiger partial charge in [-0.15, -0.1) is 0 Å². The average molecular weight is 224 g/mol. The predicted molar refractivity (Wildman–Crippen MR) is 69.4 cm³/mol. The molecule has 0 heterocycles. The fourth-order valence-corrected chi connectivity index (χ4v) is 3.21. The normalized spacial score (nSPS) is 31.3. The molecule has 2 aliphatic rings. The molecule has 2 aliphatic carbocycles. The Kier molecular flexibility index (Phi) is 4.26. The smallest absolute Gasteiger partial charge is 0.0128 e. The fourth-order valence-electron chi connectivity index (χ4n) is 3.21. The SMILES string of the molecule is CC(C)CCN(C1CCCC1)C1CC(N)C1. The Morgan fingerprint density at radius 2 is 1.75 bits per heavy atom. The third-order valence-corrected chi connectivity index (χ3v) is 4.38. The first-order valence-electron chi connectivity index (χ1n) is 7.18. The van der Waals surface area contributed by atoms with Gasteiger partial charge in [-0.1, -0.05) is 26.7 Å². The summed E-state index contributed by atoms with van der Waals surface area (Å²) in [6.45, 7) is 5.97. The first kappa shape index (κ1) is 12.4. The zero-order chi connectivity index (χ0) is 11.5. The second-order valence-electron chi connectivity index (χ2n) is 6.24. The molecule has 0 amide bonds. The summed E-state index contributed by atoms with van der Waals surface area (Å²) in [7, 11) is 0. The van der Waals surface area contributed by atoms with Crippen LogP contribution >= 0.6 is 0 Å². The molecule has 0 saturated heterocycles. The maximum absolute atomic E-state index is 5.93. The van der Waals surface area contributed by atoms with E-state index in [1.807, 2.05) is 0 Å². The van der Waals surface area contributed by atoms with Gasteiger partial charge in [0, 0.05) is 18.1 Å². The van der Waals surface area contributed by atoms with Gasteiger partial charge < -0.3 is 5.73 Å². The van der Waals surface area contributed by atoms with Crippen molar-refractivity contribution in [3.05, 3.63) is 0 Å². The average Bonchev–Trinajstić information content (AvgIpc) is 2.68. The van der Waals surface area contributed by atoms with Gasteiger partial charge in [0.05, 0.1) is 0 Å². The molecule has 2 heteroatoms. The lowest BCUT2D eigenvalue weighted by molar-refractivity contribution is 0.0643. The molecular weight excluding hydrogens is 196 g/mol. The van der Waals surface area contributed by atoms with Gasteiger partial charge in [0.1, 0.15) is 0 Å². The van der Waals surface area contributed by atoms with E-state index in [4.69, 9.17) is 5.73 Å². The largest absolute Gasteiger partial charge is 0.328 e. The second kappa shape index (κ2) is 5.50. The molecule has 0 spiro atoms. The van der Waals surface area contributed by atoms with E-state index < -0.39 is 0 Å². The Hall–Kier alpha value is -0.0800. The van der Waals surface area contributed by atoms with E-state index in [1.165, 1.54) is 51.5 Å². The molecule has 2 saturated carbocycles. The Labute approximate surface area is 101 Å². The summed E-state index contributed by atoms with van der Waals surface area (Å²) in [6, 6.07) is 2.20. The minimum absolute atomic E-state index is 0.493. The van der Waals surface area contributed by atoms with Gasteiger partial charge in [-0.3, -0.25) is 4.90 Å². The lowest BCUT2D eigenvalue weighted by Gasteiger charge is -2.45. The molecule has 2 fully saturated rings. The van der Waals surface area contributed by atoms with Gasteiger partial charge in [-0.25, -0.2) is 0 Å². The summed E-state index contributed by atoms with van der Waals surface area (Å²) in [5.41, 5.74) is 5.93. The van der Waals surface area contributed by atoms with Gasteiger partial charge in [0.25, 0.3) is 0 Å². The van der Waals surface area contributed by atoms with Gasteiger partial charge >= 0.3 is 0 Å². The Balaban J connectivity index is 1.84. The standard InChI is InChI=1S/C14H28N2/c1-11(2)7-8-16(13-5-3-4-6-13)14-9-12(15)10-14/h11-14H,3-10,15H2,1-2H3. The summed E-state index contributed by atoms with van der Waals surface area (Å²) in [6.07, 6.45) is 9.60. The molecule has 0 aliphatic heterocycles. The monoisotopic (exact) mass is 224 g/mol. The number of nitrogens with two attached hydrogens (primary N) is 1. The van der Waals surface area contributed by atoms with Gasteiger partial charge in [0.2, 0.25) is 0 Å². The van der Waals surface area contributed by atoms with Crippen molar-refractivity contribution >= 4 is 0 Å². The van der Waals surface area contributed by atoms with Crippen molar-refractivity contribution in [2.45, 2.75) is 76.9 Å². The lowest BCUT2D eigenvalue weighted by atomic mass is 9.85. The van der Waals surface area contributed by atoms with Crippen molar-refractivity contribution in [1.82, 2.24) is 4.90 Å². The third kappa shape index (κ3) is 2.98. The molecule has 0 radical (unpaired) electrons. The van der Waals surface area contributed by atoms with Crippen LogP contribution in [0.4, 0.5) is 0 Å². The molecule has 0 atom stereocenters. The topological polar surface area (TPSA) is 29.3 Å². The van der Waals surface area contributed by atoms with Crippen LogP contribution < -0.4 is 5.73 Å². The molecule has 0 aromatic heterocycles. The van der Waals surface area contributed by atoms with E-state index in [-0.39, 0.29) is 0 Å². The molecule has 2 rings (SSSR count). The van der Waals surface area contributed by atoms with E-state index in [0.717, 1.165) is 18.0 Å². The number of rotatable bonds is 5.